The lowest BCUT2D eigenvalue weighted by molar-refractivity contribution is -0.139. The third kappa shape index (κ3) is 9.83. The molecule has 0 bridgehead atoms. The van der Waals surface area contributed by atoms with E-state index >= 15 is 0 Å². The summed E-state index contributed by atoms with van der Waals surface area (Å²) in [6, 6.07) is 1.81. The zero-order valence-corrected chi connectivity index (χ0v) is 22.0. The van der Waals surface area contributed by atoms with Gasteiger partial charge < -0.3 is 29.9 Å². The molecule has 1 saturated heterocycles. The first-order valence-corrected chi connectivity index (χ1v) is 12.5. The van der Waals surface area contributed by atoms with Crippen LogP contribution in [-0.4, -0.2) is 70.0 Å². The van der Waals surface area contributed by atoms with Crippen molar-refractivity contribution in [3.8, 4) is 0 Å². The highest BCUT2D eigenvalue weighted by Gasteiger charge is 2.32. The molecule has 0 aliphatic carbocycles. The second-order valence-corrected chi connectivity index (χ2v) is 9.82. The second-order valence-electron chi connectivity index (χ2n) is 9.82. The second kappa shape index (κ2) is 14.1. The van der Waals surface area contributed by atoms with Crippen LogP contribution in [-0.2, 0) is 35.3 Å². The topological polar surface area (TPSA) is 164 Å². The zero-order chi connectivity index (χ0) is 28.3. The third-order valence-corrected chi connectivity index (χ3v) is 5.99. The largest absolute Gasteiger partial charge is 0.481 e. The molecule has 2 rings (SSSR count). The molecule has 38 heavy (non-hydrogen) atoms. The van der Waals surface area contributed by atoms with Crippen LogP contribution in [0.25, 0.3) is 0 Å². The van der Waals surface area contributed by atoms with Crippen LogP contribution in [0.4, 0.5) is 5.69 Å². The van der Waals surface area contributed by atoms with Crippen LogP contribution in [0.5, 0.6) is 0 Å². The average Bonchev–Trinajstić information content (AvgIpc) is 3.22. The Labute approximate surface area is 221 Å². The Balaban J connectivity index is 2.10. The number of ether oxygens (including phenoxy) is 1. The molecule has 1 aromatic rings. The number of carbonyl (C=O) groups is 5. The fourth-order valence-corrected chi connectivity index (χ4v) is 3.94. The van der Waals surface area contributed by atoms with Gasteiger partial charge in [-0.3, -0.25) is 24.0 Å². The number of rotatable bonds is 13. The van der Waals surface area contributed by atoms with Crippen molar-refractivity contribution in [2.75, 3.05) is 25.0 Å². The summed E-state index contributed by atoms with van der Waals surface area (Å²) in [5.74, 6) is -3.24. The number of nitrogens with zero attached hydrogens (tertiary/aromatic N) is 2. The van der Waals surface area contributed by atoms with Crippen molar-refractivity contribution >= 4 is 35.3 Å². The number of carbonyl (C=O) groups excluding carboxylic acids is 4. The molecule has 0 unspecified atom stereocenters. The normalized spacial score (nSPS) is 15.2. The number of esters is 1. The predicted octanol–water partition coefficient (Wildman–Crippen LogP) is 1.29. The van der Waals surface area contributed by atoms with E-state index in [0.717, 1.165) is 6.42 Å². The number of aliphatic carboxylic acids is 1. The summed E-state index contributed by atoms with van der Waals surface area (Å²) in [4.78, 5) is 74.8. The fraction of sp³-hybridized carbons (Fsp3) is 0.538. The number of pyridine rings is 1. The lowest BCUT2D eigenvalue weighted by Crippen LogP contribution is -2.44. The van der Waals surface area contributed by atoms with E-state index in [1.165, 1.54) is 35.0 Å². The van der Waals surface area contributed by atoms with Crippen LogP contribution in [0.1, 0.15) is 52.9 Å². The quantitative estimate of drug-likeness (QED) is 0.253. The van der Waals surface area contributed by atoms with Gasteiger partial charge in [0.15, 0.2) is 0 Å². The van der Waals surface area contributed by atoms with Crippen LogP contribution in [0, 0.1) is 5.41 Å². The molecule has 1 aromatic heterocycles. The number of hydrogen-bond donors (Lipinski definition) is 3. The van der Waals surface area contributed by atoms with Crippen LogP contribution < -0.4 is 16.2 Å². The van der Waals surface area contributed by atoms with Gasteiger partial charge in [0.1, 0.15) is 18.3 Å². The van der Waals surface area contributed by atoms with E-state index in [9.17, 15) is 28.8 Å². The maximum absolute atomic E-state index is 13.0. The molecule has 208 valence electrons. The average molecular weight is 533 g/mol. The van der Waals surface area contributed by atoms with Gasteiger partial charge in [0.25, 0.3) is 5.56 Å². The van der Waals surface area contributed by atoms with Crippen molar-refractivity contribution in [3.63, 3.8) is 0 Å². The summed E-state index contributed by atoms with van der Waals surface area (Å²) in [6.07, 6.45) is 4.59. The molecule has 1 aliphatic heterocycles. The Bertz CT molecular complexity index is 1120. The van der Waals surface area contributed by atoms with Gasteiger partial charge in [0.2, 0.25) is 17.7 Å². The first-order valence-electron chi connectivity index (χ1n) is 12.5. The van der Waals surface area contributed by atoms with Crippen molar-refractivity contribution < 1.29 is 33.8 Å². The van der Waals surface area contributed by atoms with Gasteiger partial charge in [-0.05, 0) is 43.7 Å². The van der Waals surface area contributed by atoms with E-state index in [1.54, 1.807) is 11.8 Å². The molecule has 12 heteroatoms. The molecule has 0 aromatic carbocycles. The summed E-state index contributed by atoms with van der Waals surface area (Å²) >= 11 is 0. The first kappa shape index (κ1) is 30.3. The van der Waals surface area contributed by atoms with Crippen LogP contribution in [0.3, 0.4) is 0 Å². The molecule has 3 amide bonds. The molecular formula is C26H36N4O8. The predicted molar refractivity (Wildman–Crippen MR) is 138 cm³/mol. The lowest BCUT2D eigenvalue weighted by atomic mass is 9.93. The lowest BCUT2D eigenvalue weighted by Gasteiger charge is -2.20. The number of amides is 3. The van der Waals surface area contributed by atoms with Gasteiger partial charge in [0.05, 0.1) is 13.0 Å². The van der Waals surface area contributed by atoms with Crippen molar-refractivity contribution in [2.45, 2.75) is 65.5 Å². The Morgan fingerprint density at radius 2 is 1.95 bits per heavy atom. The van der Waals surface area contributed by atoms with E-state index in [2.05, 4.69) is 24.5 Å². The Hall–Kier alpha value is -3.96. The van der Waals surface area contributed by atoms with E-state index in [1.807, 2.05) is 0 Å². The number of anilines is 1. The molecule has 2 heterocycles. The minimum Gasteiger partial charge on any atom is -0.481 e. The minimum atomic E-state index is -1.16. The summed E-state index contributed by atoms with van der Waals surface area (Å²) in [5, 5.41) is 13.8. The van der Waals surface area contributed by atoms with E-state index in [4.69, 9.17) is 9.84 Å². The van der Waals surface area contributed by atoms with Gasteiger partial charge in [-0.2, -0.15) is 0 Å². The summed E-state index contributed by atoms with van der Waals surface area (Å²) in [7, 11) is 0. The highest BCUT2D eigenvalue weighted by atomic mass is 16.5. The molecule has 12 nitrogen and oxygen atoms in total. The minimum absolute atomic E-state index is 0.0197. The molecule has 0 saturated carbocycles. The maximum Gasteiger partial charge on any atom is 0.330 e. The van der Waals surface area contributed by atoms with Gasteiger partial charge in [0, 0.05) is 31.8 Å². The van der Waals surface area contributed by atoms with Crippen LogP contribution in [0.15, 0.2) is 35.3 Å². The number of carboxylic acid groups (broad SMARTS) is 1. The highest BCUT2D eigenvalue weighted by molar-refractivity contribution is 5.97. The molecule has 1 fully saturated rings. The summed E-state index contributed by atoms with van der Waals surface area (Å²) in [6.45, 7) is 7.07. The number of allylic oxidation sites excluding steroid dienone is 1. The zero-order valence-electron chi connectivity index (χ0n) is 22.0. The number of aromatic nitrogens is 1. The highest BCUT2D eigenvalue weighted by Crippen LogP contribution is 2.28. The van der Waals surface area contributed by atoms with Crippen molar-refractivity contribution in [1.82, 2.24) is 14.8 Å². The van der Waals surface area contributed by atoms with Crippen LogP contribution in [0.2, 0.25) is 0 Å². The number of carboxylic acids is 1. The Morgan fingerprint density at radius 1 is 1.21 bits per heavy atom. The SMILES string of the molecule is CCOC(=O)/C=C/CC[C@H](NC(=O)CCC(=O)O)C(=O)Nc1cccn(CC(=O)N2CCC(C)(C)C2)c1=O. The fourth-order valence-electron chi connectivity index (χ4n) is 3.94. The van der Waals surface area contributed by atoms with E-state index < -0.39 is 41.8 Å². The van der Waals surface area contributed by atoms with Crippen molar-refractivity contribution in [3.05, 3.63) is 40.8 Å². The van der Waals surface area contributed by atoms with Crippen molar-refractivity contribution in [2.24, 2.45) is 5.41 Å². The molecule has 1 atom stereocenters. The Kier molecular flexibility index (Phi) is 11.2. The van der Waals surface area contributed by atoms with E-state index in [-0.39, 0.29) is 49.4 Å². The van der Waals surface area contributed by atoms with Gasteiger partial charge in [-0.15, -0.1) is 0 Å². The summed E-state index contributed by atoms with van der Waals surface area (Å²) in [5.41, 5.74) is -0.629. The standard InChI is InChI=1S/C26H36N4O8/c1-4-38-23(35)10-6-5-8-18(27-20(31)11-12-22(33)34)24(36)28-19-9-7-14-29(25(19)37)16-21(32)30-15-13-26(2,3)17-30/h6-7,9-10,14,18H,4-5,8,11-13,15-17H2,1-3H3,(H,27,31)(H,28,36)(H,33,34)/b10-6+/t18-/m0/s1. The first-order chi connectivity index (χ1) is 17.9. The molecule has 3 N–H and O–H groups in total. The van der Waals surface area contributed by atoms with Crippen LogP contribution >= 0.6 is 0 Å². The third-order valence-electron chi connectivity index (χ3n) is 5.99. The molecule has 0 spiro atoms. The number of nitrogens with one attached hydrogen (secondary N) is 2. The number of hydrogen-bond acceptors (Lipinski definition) is 7. The smallest absolute Gasteiger partial charge is 0.330 e. The monoisotopic (exact) mass is 532 g/mol. The molecule has 0 radical (unpaired) electrons. The van der Waals surface area contributed by atoms with Gasteiger partial charge in [-0.1, -0.05) is 19.9 Å². The van der Waals surface area contributed by atoms with Gasteiger partial charge >= 0.3 is 11.9 Å². The summed E-state index contributed by atoms with van der Waals surface area (Å²) < 4.78 is 6.01. The molecule has 1 aliphatic rings. The van der Waals surface area contributed by atoms with Gasteiger partial charge in [-0.25, -0.2) is 4.79 Å². The Morgan fingerprint density at radius 3 is 2.58 bits per heavy atom. The number of likely N-dealkylation sites (tertiary alicyclic amines) is 1. The van der Waals surface area contributed by atoms with Crippen molar-refractivity contribution in [1.29, 1.82) is 0 Å². The maximum atomic E-state index is 13.0. The van der Waals surface area contributed by atoms with E-state index in [0.29, 0.717) is 13.1 Å². The molecular weight excluding hydrogens is 496 g/mol.